The van der Waals surface area contributed by atoms with Gasteiger partial charge in [0.1, 0.15) is 5.75 Å². The van der Waals surface area contributed by atoms with Crippen LogP contribution in [0.2, 0.25) is 5.02 Å². The summed E-state index contributed by atoms with van der Waals surface area (Å²) < 4.78 is 48.7. The molecule has 1 aromatic carbocycles. The number of hydrogen-bond acceptors (Lipinski definition) is 6. The Labute approximate surface area is 210 Å². The second-order valence-corrected chi connectivity index (χ2v) is 11.0. The van der Waals surface area contributed by atoms with E-state index < -0.39 is 18.6 Å². The van der Waals surface area contributed by atoms with Gasteiger partial charge in [-0.25, -0.2) is 0 Å². The third-order valence-corrected chi connectivity index (χ3v) is 8.14. The largest absolute Gasteiger partial charge is 0.522 e. The van der Waals surface area contributed by atoms with Gasteiger partial charge in [-0.1, -0.05) is 11.6 Å². The van der Waals surface area contributed by atoms with Gasteiger partial charge in [-0.05, 0) is 43.9 Å². The number of hydrogen-bond donors (Lipinski definition) is 2. The molecule has 2 aromatic rings. The molecule has 1 amide bonds. The van der Waals surface area contributed by atoms with Crippen molar-refractivity contribution >= 4 is 23.2 Å². The number of anilines is 1. The number of amides is 1. The van der Waals surface area contributed by atoms with Gasteiger partial charge in [-0.2, -0.15) is 5.10 Å². The Balaban J connectivity index is 1.02. The smallest absolute Gasteiger partial charge is 0.480 e. The van der Waals surface area contributed by atoms with Gasteiger partial charge in [0.2, 0.25) is 0 Å². The monoisotopic (exact) mass is 526 g/mol. The van der Waals surface area contributed by atoms with Crippen molar-refractivity contribution in [1.29, 1.82) is 0 Å². The maximum absolute atomic E-state index is 12.9. The molecule has 5 aliphatic rings. The zero-order chi connectivity index (χ0) is 25.3. The minimum absolute atomic E-state index is 0.152. The number of nitrogens with one attached hydrogen (secondary N) is 1. The molecule has 194 valence electrons. The second-order valence-electron chi connectivity index (χ2n) is 10.6. The van der Waals surface area contributed by atoms with E-state index in [2.05, 4.69) is 15.2 Å². The maximum Gasteiger partial charge on any atom is 0.522 e. The molecule has 2 aliphatic heterocycles. The highest BCUT2D eigenvalue weighted by Crippen LogP contribution is 2.65. The summed E-state index contributed by atoms with van der Waals surface area (Å²) in [4.78, 5) is 15.0. The summed E-state index contributed by atoms with van der Waals surface area (Å²) in [6, 6.07) is 4.98. The van der Waals surface area contributed by atoms with Crippen molar-refractivity contribution in [3.63, 3.8) is 0 Å². The summed E-state index contributed by atoms with van der Waals surface area (Å²) >= 11 is 6.00. The van der Waals surface area contributed by atoms with Gasteiger partial charge in [0.05, 0.1) is 30.1 Å². The van der Waals surface area contributed by atoms with Crippen molar-refractivity contribution in [3.05, 3.63) is 41.2 Å². The van der Waals surface area contributed by atoms with E-state index >= 15 is 0 Å². The second kappa shape index (κ2) is 8.26. The number of alkyl halides is 3. The zero-order valence-electron chi connectivity index (χ0n) is 19.3. The number of ether oxygens (including phenoxy) is 2. The summed E-state index contributed by atoms with van der Waals surface area (Å²) in [5.74, 6) is 0.0479. The van der Waals surface area contributed by atoms with Crippen LogP contribution in [0, 0.1) is 5.92 Å². The molecule has 7 rings (SSSR count). The first-order chi connectivity index (χ1) is 17.0. The molecule has 3 saturated carbocycles. The predicted molar refractivity (Wildman–Crippen MR) is 123 cm³/mol. The fourth-order valence-electron chi connectivity index (χ4n) is 6.18. The predicted octanol–water partition coefficient (Wildman–Crippen LogP) is 3.53. The van der Waals surface area contributed by atoms with Gasteiger partial charge < -0.3 is 20.1 Å². The third-order valence-electron chi connectivity index (χ3n) is 7.91. The molecule has 0 unspecified atom stereocenters. The Bertz CT molecular complexity index is 1170. The first kappa shape index (κ1) is 23.9. The lowest BCUT2D eigenvalue weighted by Gasteiger charge is -2.70. The molecular formula is C24H26ClF3N4O4. The van der Waals surface area contributed by atoms with Crippen LogP contribution in [0.3, 0.4) is 0 Å². The number of nitrogens with zero attached hydrogens (tertiary/aromatic N) is 3. The Hall–Kier alpha value is -2.50. The minimum Gasteiger partial charge on any atom is -0.480 e. The zero-order valence-corrected chi connectivity index (χ0v) is 20.1. The van der Waals surface area contributed by atoms with Crippen molar-refractivity contribution in [1.82, 2.24) is 15.1 Å². The topological polar surface area (TPSA) is 88.9 Å². The molecule has 12 heteroatoms. The lowest BCUT2D eigenvalue weighted by Crippen LogP contribution is -2.79. The van der Waals surface area contributed by atoms with E-state index in [1.807, 2.05) is 15.8 Å². The van der Waals surface area contributed by atoms with Crippen LogP contribution < -0.4 is 15.0 Å². The average Bonchev–Trinajstić information content (AvgIpc) is 3.43. The first-order valence-electron chi connectivity index (χ1n) is 12.0. The fraction of sp³-hybridized carbons (Fsp3) is 0.583. The lowest BCUT2D eigenvalue weighted by molar-refractivity contribution is -0.327. The van der Waals surface area contributed by atoms with Crippen molar-refractivity contribution in [3.8, 4) is 5.75 Å². The fourth-order valence-corrected chi connectivity index (χ4v) is 6.36. The number of carbonyl (C=O) groups excluding carboxylic acids is 1. The van der Waals surface area contributed by atoms with Crippen LogP contribution in [-0.2, 0) is 15.1 Å². The number of rotatable bonds is 6. The molecule has 36 heavy (non-hydrogen) atoms. The normalized spacial score (nSPS) is 32.8. The van der Waals surface area contributed by atoms with Crippen LogP contribution in [-0.4, -0.2) is 58.5 Å². The van der Waals surface area contributed by atoms with Crippen LogP contribution >= 0.6 is 11.6 Å². The molecule has 1 saturated heterocycles. The van der Waals surface area contributed by atoms with E-state index in [1.54, 1.807) is 24.4 Å². The van der Waals surface area contributed by atoms with E-state index in [0.717, 1.165) is 24.9 Å². The van der Waals surface area contributed by atoms with Crippen LogP contribution in [0.25, 0.3) is 0 Å². The Morgan fingerprint density at radius 3 is 2.86 bits per heavy atom. The van der Waals surface area contributed by atoms with E-state index in [1.165, 1.54) is 0 Å². The summed E-state index contributed by atoms with van der Waals surface area (Å²) in [5.41, 5.74) is 1.02. The van der Waals surface area contributed by atoms with Crippen LogP contribution in [0.4, 0.5) is 18.9 Å². The van der Waals surface area contributed by atoms with Crippen LogP contribution in [0.1, 0.15) is 43.8 Å². The van der Waals surface area contributed by atoms with E-state index in [4.69, 9.17) is 16.3 Å². The number of aliphatic hydroxyl groups excluding tert-OH is 1. The van der Waals surface area contributed by atoms with Crippen LogP contribution in [0.15, 0.2) is 30.6 Å². The summed E-state index contributed by atoms with van der Waals surface area (Å²) in [5, 5.41) is 18.6. The highest BCUT2D eigenvalue weighted by Gasteiger charge is 2.70. The molecule has 4 fully saturated rings. The maximum atomic E-state index is 12.9. The number of halogens is 4. The van der Waals surface area contributed by atoms with E-state index in [0.29, 0.717) is 35.8 Å². The molecular weight excluding hydrogens is 501 g/mol. The standard InChI is InChI=1S/C24H26ClF3N4O4/c25-15-1-2-19-17(5-15)18(33)6-20(36-19)21(34)30-22-11-23(12-22,13-22)32-9-16(7-29-32)31-4-3-14(8-31)10-35-24(26,27)28/h1-2,5,7,9,14,18,20,33H,3-4,6,8,10-13H2,(H,30,34)/t14-,18-,20-,22?,23?/m1/s1. The highest BCUT2D eigenvalue weighted by atomic mass is 35.5. The minimum atomic E-state index is -4.60. The summed E-state index contributed by atoms with van der Waals surface area (Å²) in [6.07, 6.45) is 0.526. The first-order valence-corrected chi connectivity index (χ1v) is 12.4. The van der Waals surface area contributed by atoms with Crippen molar-refractivity contribution in [2.24, 2.45) is 5.92 Å². The Kier molecular flexibility index (Phi) is 5.47. The highest BCUT2D eigenvalue weighted by molar-refractivity contribution is 6.30. The van der Waals surface area contributed by atoms with Gasteiger partial charge in [0.15, 0.2) is 6.10 Å². The van der Waals surface area contributed by atoms with Crippen molar-refractivity contribution in [2.75, 3.05) is 24.6 Å². The summed E-state index contributed by atoms with van der Waals surface area (Å²) in [7, 11) is 0. The molecule has 1 aromatic heterocycles. The number of aromatic nitrogens is 2. The number of benzene rings is 1. The van der Waals surface area contributed by atoms with Gasteiger partial charge in [-0.3, -0.25) is 14.2 Å². The molecule has 0 radical (unpaired) electrons. The van der Waals surface area contributed by atoms with Gasteiger partial charge >= 0.3 is 6.36 Å². The van der Waals surface area contributed by atoms with Gasteiger partial charge in [0, 0.05) is 47.8 Å². The van der Waals surface area contributed by atoms with Crippen molar-refractivity contribution in [2.45, 2.75) is 61.8 Å². The molecule has 8 nitrogen and oxygen atoms in total. The van der Waals surface area contributed by atoms with Crippen molar-refractivity contribution < 1.29 is 32.5 Å². The summed E-state index contributed by atoms with van der Waals surface area (Å²) in [6.45, 7) is 0.825. The number of fused-ring (bicyclic) bond motifs is 1. The molecule has 2 N–H and O–H groups in total. The molecule has 3 heterocycles. The van der Waals surface area contributed by atoms with E-state index in [-0.39, 0.29) is 35.9 Å². The third kappa shape index (κ3) is 4.20. The average molecular weight is 527 g/mol. The molecule has 3 atom stereocenters. The number of aliphatic hydroxyl groups is 1. The Morgan fingerprint density at radius 1 is 1.33 bits per heavy atom. The lowest BCUT2D eigenvalue weighted by atomic mass is 9.44. The van der Waals surface area contributed by atoms with Crippen LogP contribution in [0.5, 0.6) is 5.75 Å². The SMILES string of the molecule is O=C(NC12CC(n3cc(N4CC[C@@H](COC(F)(F)F)C4)cn3)(C1)C2)[C@H]1C[C@@H](O)c2cc(Cl)ccc2O1. The molecule has 3 aliphatic carbocycles. The van der Waals surface area contributed by atoms with E-state index in [9.17, 15) is 23.1 Å². The molecule has 2 bridgehead atoms. The quantitative estimate of drug-likeness (QED) is 0.599. The Morgan fingerprint density at radius 2 is 2.11 bits per heavy atom. The van der Waals surface area contributed by atoms with Gasteiger partial charge in [-0.15, -0.1) is 13.2 Å². The van der Waals surface area contributed by atoms with Gasteiger partial charge in [0.25, 0.3) is 5.91 Å². The number of carbonyl (C=O) groups is 1. The molecule has 0 spiro atoms.